The average Bonchev–Trinajstić information content (AvgIpc) is 2.16. The van der Waals surface area contributed by atoms with E-state index < -0.39 is 0 Å². The molecule has 1 N–H and O–H groups in total. The van der Waals surface area contributed by atoms with Crippen molar-refractivity contribution < 1.29 is 4.74 Å². The van der Waals surface area contributed by atoms with Crippen molar-refractivity contribution in [2.75, 3.05) is 13.2 Å². The van der Waals surface area contributed by atoms with Gasteiger partial charge in [-0.2, -0.15) is 0 Å². The third-order valence-corrected chi connectivity index (χ3v) is 2.76. The van der Waals surface area contributed by atoms with Gasteiger partial charge in [-0.05, 0) is 32.7 Å². The molecule has 15 heavy (non-hydrogen) atoms. The van der Waals surface area contributed by atoms with Crippen molar-refractivity contribution >= 4 is 0 Å². The van der Waals surface area contributed by atoms with Crippen molar-refractivity contribution in [3.05, 3.63) is 0 Å². The second-order valence-electron chi connectivity index (χ2n) is 4.65. The number of hydrogen-bond acceptors (Lipinski definition) is 2. The molecule has 0 amide bonds. The average molecular weight is 215 g/mol. The molecule has 0 fully saturated rings. The molecule has 0 saturated heterocycles. The molecule has 2 unspecified atom stereocenters. The van der Waals surface area contributed by atoms with Gasteiger partial charge in [0.25, 0.3) is 0 Å². The summed E-state index contributed by atoms with van der Waals surface area (Å²) in [6, 6.07) is 0.522. The van der Waals surface area contributed by atoms with Gasteiger partial charge >= 0.3 is 0 Å². The topological polar surface area (TPSA) is 21.3 Å². The summed E-state index contributed by atoms with van der Waals surface area (Å²) < 4.78 is 5.65. The molecule has 0 bridgehead atoms. The number of ether oxygens (including phenoxy) is 1. The Kier molecular flexibility index (Phi) is 9.12. The summed E-state index contributed by atoms with van der Waals surface area (Å²) in [6.45, 7) is 12.8. The number of rotatable bonds is 9. The van der Waals surface area contributed by atoms with E-state index in [-0.39, 0.29) is 0 Å². The minimum atomic E-state index is 0.335. The van der Waals surface area contributed by atoms with Gasteiger partial charge in [0.1, 0.15) is 0 Å². The smallest absolute Gasteiger partial charge is 0.0699 e. The summed E-state index contributed by atoms with van der Waals surface area (Å²) in [5.74, 6) is 0.815. The fraction of sp³-hybridized carbons (Fsp3) is 1.00. The van der Waals surface area contributed by atoms with Crippen LogP contribution in [0.3, 0.4) is 0 Å². The minimum absolute atomic E-state index is 0.335. The standard InChI is InChI=1S/C13H29NO/c1-6-14-13(12(5)15-7-2)10-8-9-11(3)4/h11-14H,6-10H2,1-5H3. The molecule has 0 aliphatic heterocycles. The van der Waals surface area contributed by atoms with Crippen LogP contribution < -0.4 is 5.32 Å². The van der Waals surface area contributed by atoms with Crippen LogP contribution in [-0.2, 0) is 4.74 Å². The van der Waals surface area contributed by atoms with E-state index in [2.05, 4.69) is 39.9 Å². The molecule has 0 spiro atoms. The predicted octanol–water partition coefficient (Wildman–Crippen LogP) is 3.22. The molecule has 0 rings (SSSR count). The quantitative estimate of drug-likeness (QED) is 0.637. The SMILES string of the molecule is CCNC(CCCC(C)C)C(C)OCC. The van der Waals surface area contributed by atoms with E-state index >= 15 is 0 Å². The third kappa shape index (κ3) is 7.80. The van der Waals surface area contributed by atoms with Gasteiger partial charge in [-0.15, -0.1) is 0 Å². The molecule has 0 aromatic heterocycles. The molecular formula is C13H29NO. The molecule has 2 nitrogen and oxygen atoms in total. The lowest BCUT2D eigenvalue weighted by Gasteiger charge is -2.25. The maximum Gasteiger partial charge on any atom is 0.0699 e. The fourth-order valence-corrected chi connectivity index (χ4v) is 1.89. The van der Waals surface area contributed by atoms with E-state index in [9.17, 15) is 0 Å². The van der Waals surface area contributed by atoms with E-state index in [0.717, 1.165) is 19.1 Å². The van der Waals surface area contributed by atoms with Gasteiger partial charge in [-0.25, -0.2) is 0 Å². The Labute approximate surface area is 95.8 Å². The highest BCUT2D eigenvalue weighted by Gasteiger charge is 2.15. The van der Waals surface area contributed by atoms with Gasteiger partial charge < -0.3 is 10.1 Å². The van der Waals surface area contributed by atoms with Crippen molar-refractivity contribution in [2.24, 2.45) is 5.92 Å². The molecule has 0 aliphatic carbocycles. The summed E-state index contributed by atoms with van der Waals surface area (Å²) >= 11 is 0. The molecule has 0 aromatic rings. The molecular weight excluding hydrogens is 186 g/mol. The number of nitrogens with one attached hydrogen (secondary N) is 1. The summed E-state index contributed by atoms with van der Waals surface area (Å²) in [5, 5.41) is 3.52. The van der Waals surface area contributed by atoms with E-state index in [1.807, 2.05) is 0 Å². The van der Waals surface area contributed by atoms with Gasteiger partial charge in [0, 0.05) is 12.6 Å². The summed E-state index contributed by atoms with van der Waals surface area (Å²) in [7, 11) is 0. The first-order valence-electron chi connectivity index (χ1n) is 6.46. The van der Waals surface area contributed by atoms with Crippen LogP contribution in [-0.4, -0.2) is 25.3 Å². The van der Waals surface area contributed by atoms with Crippen LogP contribution in [0.1, 0.15) is 53.9 Å². The summed E-state index contributed by atoms with van der Waals surface area (Å²) in [4.78, 5) is 0. The van der Waals surface area contributed by atoms with Crippen molar-refractivity contribution in [1.82, 2.24) is 5.32 Å². The molecule has 2 heteroatoms. The normalized spacial score (nSPS) is 15.6. The largest absolute Gasteiger partial charge is 0.377 e. The maximum absolute atomic E-state index is 5.65. The highest BCUT2D eigenvalue weighted by molar-refractivity contribution is 4.73. The Morgan fingerprint density at radius 3 is 2.20 bits per heavy atom. The van der Waals surface area contributed by atoms with Crippen LogP contribution in [0.25, 0.3) is 0 Å². The Morgan fingerprint density at radius 1 is 1.07 bits per heavy atom. The zero-order chi connectivity index (χ0) is 11.7. The Morgan fingerprint density at radius 2 is 1.73 bits per heavy atom. The zero-order valence-corrected chi connectivity index (χ0v) is 11.2. The van der Waals surface area contributed by atoms with E-state index in [1.165, 1.54) is 19.3 Å². The van der Waals surface area contributed by atoms with Crippen LogP contribution in [0.15, 0.2) is 0 Å². The van der Waals surface area contributed by atoms with Crippen LogP contribution in [0.2, 0.25) is 0 Å². The maximum atomic E-state index is 5.65. The van der Waals surface area contributed by atoms with E-state index in [1.54, 1.807) is 0 Å². The molecule has 0 heterocycles. The molecule has 0 radical (unpaired) electrons. The molecule has 0 saturated carbocycles. The first-order valence-corrected chi connectivity index (χ1v) is 6.46. The van der Waals surface area contributed by atoms with Gasteiger partial charge in [0.05, 0.1) is 6.10 Å². The molecule has 2 atom stereocenters. The third-order valence-electron chi connectivity index (χ3n) is 2.76. The van der Waals surface area contributed by atoms with Gasteiger partial charge in [0.2, 0.25) is 0 Å². The molecule has 0 aliphatic rings. The minimum Gasteiger partial charge on any atom is -0.377 e. The molecule has 92 valence electrons. The Balaban J connectivity index is 3.81. The van der Waals surface area contributed by atoms with Crippen molar-refractivity contribution in [3.8, 4) is 0 Å². The van der Waals surface area contributed by atoms with Crippen LogP contribution in [0, 0.1) is 5.92 Å². The first kappa shape index (κ1) is 14.9. The highest BCUT2D eigenvalue weighted by Crippen LogP contribution is 2.12. The van der Waals surface area contributed by atoms with Crippen LogP contribution in [0.5, 0.6) is 0 Å². The lowest BCUT2D eigenvalue weighted by atomic mass is 10.0. The second kappa shape index (κ2) is 9.17. The Bertz CT molecular complexity index is 136. The molecule has 0 aromatic carbocycles. The van der Waals surface area contributed by atoms with Gasteiger partial charge in [-0.3, -0.25) is 0 Å². The van der Waals surface area contributed by atoms with Gasteiger partial charge in [-0.1, -0.05) is 33.6 Å². The van der Waals surface area contributed by atoms with Crippen molar-refractivity contribution in [2.45, 2.75) is 66.0 Å². The van der Waals surface area contributed by atoms with Crippen LogP contribution in [0.4, 0.5) is 0 Å². The first-order chi connectivity index (χ1) is 7.11. The summed E-state index contributed by atoms with van der Waals surface area (Å²) in [5.41, 5.74) is 0. The van der Waals surface area contributed by atoms with E-state index in [4.69, 9.17) is 4.74 Å². The van der Waals surface area contributed by atoms with E-state index in [0.29, 0.717) is 12.1 Å². The highest BCUT2D eigenvalue weighted by atomic mass is 16.5. The number of likely N-dealkylation sites (N-methyl/N-ethyl adjacent to an activating group) is 1. The van der Waals surface area contributed by atoms with Crippen molar-refractivity contribution in [1.29, 1.82) is 0 Å². The fourth-order valence-electron chi connectivity index (χ4n) is 1.89. The van der Waals surface area contributed by atoms with Gasteiger partial charge in [0.15, 0.2) is 0 Å². The Hall–Kier alpha value is -0.0800. The van der Waals surface area contributed by atoms with Crippen LogP contribution >= 0.6 is 0 Å². The summed E-state index contributed by atoms with van der Waals surface area (Å²) in [6.07, 6.45) is 4.18. The second-order valence-corrected chi connectivity index (χ2v) is 4.65. The lowest BCUT2D eigenvalue weighted by Crippen LogP contribution is -2.39. The zero-order valence-electron chi connectivity index (χ0n) is 11.2. The lowest BCUT2D eigenvalue weighted by molar-refractivity contribution is 0.0447. The predicted molar refractivity (Wildman–Crippen MR) is 67.2 cm³/mol. The number of hydrogen-bond donors (Lipinski definition) is 1. The monoisotopic (exact) mass is 215 g/mol. The van der Waals surface area contributed by atoms with Crippen molar-refractivity contribution in [3.63, 3.8) is 0 Å².